The molecule has 1 rings (SSSR count). The molecular weight excluding hydrogens is 325 g/mol. The first-order valence-electron chi connectivity index (χ1n) is 5.50. The van der Waals surface area contributed by atoms with Gasteiger partial charge < -0.3 is 9.47 Å². The third-order valence-electron chi connectivity index (χ3n) is 2.15. The van der Waals surface area contributed by atoms with E-state index in [0.717, 1.165) is 0 Å². The van der Waals surface area contributed by atoms with Crippen molar-refractivity contribution in [3.63, 3.8) is 0 Å². The van der Waals surface area contributed by atoms with Crippen molar-refractivity contribution in [2.24, 2.45) is 0 Å². The number of nitrogens with zero attached hydrogens (tertiary/aromatic N) is 1. The molecule has 0 amide bonds. The summed E-state index contributed by atoms with van der Waals surface area (Å²) < 4.78 is 70.2. The fourth-order valence-electron chi connectivity index (χ4n) is 1.40. The smallest absolute Gasteiger partial charge is 0.462 e. The molecular formula is C11H9ClF5NO3. The number of hydrogen-bond acceptors (Lipinski definition) is 4. The Hall–Kier alpha value is -1.64. The minimum absolute atomic E-state index is 0.0629. The van der Waals surface area contributed by atoms with Crippen LogP contribution in [0.4, 0.5) is 22.0 Å². The summed E-state index contributed by atoms with van der Waals surface area (Å²) in [5.41, 5.74) is -2.04. The highest BCUT2D eigenvalue weighted by Crippen LogP contribution is 2.33. The summed E-state index contributed by atoms with van der Waals surface area (Å²) >= 11 is 5.46. The number of carbonyl (C=O) groups excluding carboxylic acids is 1. The maximum Gasteiger partial charge on any atom is 0.573 e. The molecule has 0 spiro atoms. The Labute approximate surface area is 120 Å². The molecule has 0 radical (unpaired) electrons. The van der Waals surface area contributed by atoms with E-state index < -0.39 is 41.6 Å². The molecule has 1 heterocycles. The topological polar surface area (TPSA) is 48.4 Å². The van der Waals surface area contributed by atoms with Crippen LogP contribution in [0.3, 0.4) is 0 Å². The second-order valence-electron chi connectivity index (χ2n) is 3.57. The lowest BCUT2D eigenvalue weighted by Gasteiger charge is -2.15. The maximum atomic E-state index is 12.7. The molecule has 0 unspecified atom stereocenters. The molecule has 0 bridgehead atoms. The summed E-state index contributed by atoms with van der Waals surface area (Å²) in [6.45, 7) is 1.40. The molecule has 0 aromatic carbocycles. The highest BCUT2D eigenvalue weighted by molar-refractivity contribution is 6.17. The number of halogens is 6. The van der Waals surface area contributed by atoms with Crippen LogP contribution < -0.4 is 4.74 Å². The van der Waals surface area contributed by atoms with Gasteiger partial charge in [0.05, 0.1) is 23.7 Å². The van der Waals surface area contributed by atoms with Gasteiger partial charge in [0.25, 0.3) is 6.43 Å². The molecule has 0 aliphatic carbocycles. The summed E-state index contributed by atoms with van der Waals surface area (Å²) in [6, 6.07) is 0.498. The van der Waals surface area contributed by atoms with E-state index in [4.69, 9.17) is 11.6 Å². The molecule has 0 aliphatic heterocycles. The van der Waals surface area contributed by atoms with E-state index in [1.54, 1.807) is 0 Å². The van der Waals surface area contributed by atoms with Crippen molar-refractivity contribution in [1.29, 1.82) is 0 Å². The van der Waals surface area contributed by atoms with Gasteiger partial charge in [0.2, 0.25) is 0 Å². The molecule has 118 valence electrons. The summed E-state index contributed by atoms with van der Waals surface area (Å²) in [4.78, 5) is 14.8. The molecule has 4 nitrogen and oxygen atoms in total. The minimum atomic E-state index is -5.21. The largest absolute Gasteiger partial charge is 0.573 e. The van der Waals surface area contributed by atoms with E-state index in [0.29, 0.717) is 6.07 Å². The number of pyridine rings is 1. The third kappa shape index (κ3) is 4.69. The highest BCUT2D eigenvalue weighted by Gasteiger charge is 2.35. The fraction of sp³-hybridized carbons (Fsp3) is 0.455. The van der Waals surface area contributed by atoms with E-state index in [9.17, 15) is 26.7 Å². The molecule has 0 N–H and O–H groups in total. The van der Waals surface area contributed by atoms with Gasteiger partial charge in [0.1, 0.15) is 5.69 Å². The summed E-state index contributed by atoms with van der Waals surface area (Å²) in [7, 11) is 0. The Morgan fingerprint density at radius 2 is 2.05 bits per heavy atom. The normalized spacial score (nSPS) is 11.6. The lowest BCUT2D eigenvalue weighted by molar-refractivity contribution is -0.275. The predicted octanol–water partition coefficient (Wildman–Crippen LogP) is 3.83. The van der Waals surface area contributed by atoms with Crippen molar-refractivity contribution in [2.45, 2.75) is 25.6 Å². The molecule has 0 atom stereocenters. The zero-order valence-corrected chi connectivity index (χ0v) is 11.3. The zero-order chi connectivity index (χ0) is 16.2. The van der Waals surface area contributed by atoms with Gasteiger partial charge in [-0.05, 0) is 13.0 Å². The molecule has 21 heavy (non-hydrogen) atoms. The SMILES string of the molecule is CCOC(=O)c1cc(OC(F)(F)F)c(C(F)F)nc1CCl. The first-order chi connectivity index (χ1) is 9.69. The summed E-state index contributed by atoms with van der Waals surface area (Å²) in [5, 5.41) is 0. The van der Waals surface area contributed by atoms with Crippen molar-refractivity contribution in [2.75, 3.05) is 6.61 Å². The van der Waals surface area contributed by atoms with Crippen molar-refractivity contribution in [3.05, 3.63) is 23.0 Å². The Morgan fingerprint density at radius 3 is 2.48 bits per heavy atom. The lowest BCUT2D eigenvalue weighted by atomic mass is 10.1. The van der Waals surface area contributed by atoms with Crippen LogP contribution in [-0.4, -0.2) is 23.9 Å². The Kier molecular flexibility index (Phi) is 5.70. The Balaban J connectivity index is 3.38. The van der Waals surface area contributed by atoms with Gasteiger partial charge in [0, 0.05) is 0 Å². The first-order valence-corrected chi connectivity index (χ1v) is 6.03. The van der Waals surface area contributed by atoms with Gasteiger partial charge in [-0.25, -0.2) is 18.6 Å². The van der Waals surface area contributed by atoms with Gasteiger partial charge in [-0.2, -0.15) is 0 Å². The quantitative estimate of drug-likeness (QED) is 0.467. The molecule has 0 aliphatic rings. The van der Waals surface area contributed by atoms with Crippen LogP contribution in [0.1, 0.15) is 35.1 Å². The van der Waals surface area contributed by atoms with Gasteiger partial charge in [0.15, 0.2) is 5.75 Å². The monoisotopic (exact) mass is 333 g/mol. The van der Waals surface area contributed by atoms with E-state index in [1.165, 1.54) is 6.92 Å². The van der Waals surface area contributed by atoms with Crippen molar-refractivity contribution >= 4 is 17.6 Å². The fourth-order valence-corrected chi connectivity index (χ4v) is 1.60. The van der Waals surface area contributed by atoms with Gasteiger partial charge >= 0.3 is 12.3 Å². The molecule has 10 heteroatoms. The highest BCUT2D eigenvalue weighted by atomic mass is 35.5. The van der Waals surface area contributed by atoms with E-state index in [-0.39, 0.29) is 12.3 Å². The van der Waals surface area contributed by atoms with Crippen molar-refractivity contribution in [1.82, 2.24) is 4.98 Å². The second-order valence-corrected chi connectivity index (χ2v) is 3.84. The molecule has 0 saturated heterocycles. The average Bonchev–Trinajstić information content (AvgIpc) is 2.36. The van der Waals surface area contributed by atoms with Crippen molar-refractivity contribution in [3.8, 4) is 5.75 Å². The number of carbonyl (C=O) groups is 1. The van der Waals surface area contributed by atoms with Crippen LogP contribution in [0.15, 0.2) is 6.07 Å². The van der Waals surface area contributed by atoms with Crippen LogP contribution in [0.25, 0.3) is 0 Å². The second kappa shape index (κ2) is 6.88. The van der Waals surface area contributed by atoms with E-state index in [2.05, 4.69) is 14.5 Å². The molecule has 1 aromatic heterocycles. The van der Waals surface area contributed by atoms with Crippen LogP contribution >= 0.6 is 11.6 Å². The predicted molar refractivity (Wildman–Crippen MR) is 61.4 cm³/mol. The van der Waals surface area contributed by atoms with E-state index >= 15 is 0 Å². The molecule has 0 fully saturated rings. The molecule has 0 saturated carbocycles. The number of alkyl halides is 6. The van der Waals surface area contributed by atoms with Crippen LogP contribution in [0.2, 0.25) is 0 Å². The van der Waals surface area contributed by atoms with Gasteiger partial charge in [-0.1, -0.05) is 0 Å². The third-order valence-corrected chi connectivity index (χ3v) is 2.40. The summed E-state index contributed by atoms with van der Waals surface area (Å²) in [6.07, 6.45) is -8.54. The number of aromatic nitrogens is 1. The number of rotatable bonds is 5. The van der Waals surface area contributed by atoms with E-state index in [1.807, 2.05) is 0 Å². The lowest BCUT2D eigenvalue weighted by Crippen LogP contribution is -2.20. The summed E-state index contributed by atoms with van der Waals surface area (Å²) in [5.74, 6) is -2.76. The van der Waals surface area contributed by atoms with Gasteiger partial charge in [-0.15, -0.1) is 24.8 Å². The Morgan fingerprint density at radius 1 is 1.43 bits per heavy atom. The first kappa shape index (κ1) is 17.4. The minimum Gasteiger partial charge on any atom is -0.462 e. The number of hydrogen-bond donors (Lipinski definition) is 0. The Bertz CT molecular complexity index is 521. The van der Waals surface area contributed by atoms with Crippen molar-refractivity contribution < 1.29 is 36.2 Å². The van der Waals surface area contributed by atoms with Crippen LogP contribution in [0, 0.1) is 0 Å². The van der Waals surface area contributed by atoms with Gasteiger partial charge in [-0.3, -0.25) is 0 Å². The zero-order valence-electron chi connectivity index (χ0n) is 10.5. The van der Waals surface area contributed by atoms with Crippen LogP contribution in [-0.2, 0) is 10.6 Å². The number of esters is 1. The standard InChI is InChI=1S/C11H9ClF5NO3/c1-2-20-10(19)5-3-7(21-11(15,16)17)8(9(13)14)18-6(5)4-12/h3,9H,2,4H2,1H3. The van der Waals surface area contributed by atoms with Crippen LogP contribution in [0.5, 0.6) is 5.75 Å². The maximum absolute atomic E-state index is 12.7. The average molecular weight is 334 g/mol. The number of ether oxygens (including phenoxy) is 2. The molecule has 1 aromatic rings.